The lowest BCUT2D eigenvalue weighted by molar-refractivity contribution is -0.131. The molecule has 2 aromatic rings. The lowest BCUT2D eigenvalue weighted by Gasteiger charge is -2.34. The van der Waals surface area contributed by atoms with Gasteiger partial charge in [-0.1, -0.05) is 12.1 Å². The molecule has 0 atom stereocenters. The normalized spacial score (nSPS) is 15.5. The molecule has 0 saturated carbocycles. The molecular formula is C21H25FN2O3S2. The molecule has 1 aliphatic rings. The summed E-state index contributed by atoms with van der Waals surface area (Å²) < 4.78 is 40.4. The third-order valence-corrected chi connectivity index (χ3v) is 8.01. The number of benzene rings is 2. The molecule has 3 rings (SSSR count). The summed E-state index contributed by atoms with van der Waals surface area (Å²) in [4.78, 5) is 15.4. The number of aryl methyl sites for hydroxylation is 2. The molecule has 1 heterocycles. The lowest BCUT2D eigenvalue weighted by atomic mass is 10.2. The zero-order valence-corrected chi connectivity index (χ0v) is 18.2. The SMILES string of the molecule is Cc1ccc(C)c(S(=O)(=O)N2CCN(C(=O)CCSc3ccc(F)cc3)CC2)c1. The fourth-order valence-electron chi connectivity index (χ4n) is 3.25. The van der Waals surface area contributed by atoms with Gasteiger partial charge in [0, 0.05) is 43.2 Å². The number of amides is 1. The molecular weight excluding hydrogens is 411 g/mol. The van der Waals surface area contributed by atoms with Crippen molar-refractivity contribution in [2.24, 2.45) is 0 Å². The van der Waals surface area contributed by atoms with Gasteiger partial charge in [-0.25, -0.2) is 12.8 Å². The number of sulfonamides is 1. The average molecular weight is 437 g/mol. The molecule has 1 aliphatic heterocycles. The van der Waals surface area contributed by atoms with Gasteiger partial charge in [0.05, 0.1) is 4.90 Å². The van der Waals surface area contributed by atoms with Crippen LogP contribution in [-0.2, 0) is 14.8 Å². The Morgan fingerprint density at radius 1 is 1.03 bits per heavy atom. The molecule has 0 unspecified atom stereocenters. The molecule has 1 fully saturated rings. The van der Waals surface area contributed by atoms with Crippen molar-refractivity contribution in [2.75, 3.05) is 31.9 Å². The van der Waals surface area contributed by atoms with Crippen LogP contribution in [-0.4, -0.2) is 55.5 Å². The van der Waals surface area contributed by atoms with Crippen LogP contribution >= 0.6 is 11.8 Å². The highest BCUT2D eigenvalue weighted by molar-refractivity contribution is 7.99. The van der Waals surface area contributed by atoms with Gasteiger partial charge >= 0.3 is 0 Å². The van der Waals surface area contributed by atoms with Crippen molar-refractivity contribution in [3.63, 3.8) is 0 Å². The van der Waals surface area contributed by atoms with Crippen LogP contribution in [0.5, 0.6) is 0 Å². The summed E-state index contributed by atoms with van der Waals surface area (Å²) in [7, 11) is -3.56. The van der Waals surface area contributed by atoms with Crippen molar-refractivity contribution in [2.45, 2.75) is 30.1 Å². The quantitative estimate of drug-likeness (QED) is 0.651. The first-order valence-corrected chi connectivity index (χ1v) is 11.9. The average Bonchev–Trinajstić information content (AvgIpc) is 2.71. The van der Waals surface area contributed by atoms with Crippen LogP contribution in [0.25, 0.3) is 0 Å². The van der Waals surface area contributed by atoms with Gasteiger partial charge in [0.1, 0.15) is 5.82 Å². The number of halogens is 1. The number of piperazine rings is 1. The summed E-state index contributed by atoms with van der Waals surface area (Å²) in [6, 6.07) is 11.6. The highest BCUT2D eigenvalue weighted by atomic mass is 32.2. The van der Waals surface area contributed by atoms with Gasteiger partial charge in [-0.3, -0.25) is 4.79 Å². The molecule has 0 aromatic heterocycles. The Hall–Kier alpha value is -1.90. The second-order valence-corrected chi connectivity index (χ2v) is 10.2. The zero-order chi connectivity index (χ0) is 21.0. The minimum absolute atomic E-state index is 0.0170. The van der Waals surface area contributed by atoms with Gasteiger partial charge in [-0.15, -0.1) is 11.8 Å². The van der Waals surface area contributed by atoms with Crippen molar-refractivity contribution < 1.29 is 17.6 Å². The van der Waals surface area contributed by atoms with E-state index < -0.39 is 10.0 Å². The van der Waals surface area contributed by atoms with Crippen molar-refractivity contribution in [3.05, 3.63) is 59.4 Å². The van der Waals surface area contributed by atoms with Crippen LogP contribution in [0, 0.1) is 19.7 Å². The van der Waals surface area contributed by atoms with Crippen LogP contribution in [0.2, 0.25) is 0 Å². The highest BCUT2D eigenvalue weighted by Crippen LogP contribution is 2.23. The van der Waals surface area contributed by atoms with Crippen LogP contribution in [0.4, 0.5) is 4.39 Å². The molecule has 0 radical (unpaired) electrons. The van der Waals surface area contributed by atoms with Crippen LogP contribution < -0.4 is 0 Å². The third-order valence-electron chi connectivity index (χ3n) is 4.95. The molecule has 29 heavy (non-hydrogen) atoms. The smallest absolute Gasteiger partial charge is 0.243 e. The van der Waals surface area contributed by atoms with Gasteiger partial charge in [0.2, 0.25) is 15.9 Å². The van der Waals surface area contributed by atoms with Crippen molar-refractivity contribution in [3.8, 4) is 0 Å². The van der Waals surface area contributed by atoms with Gasteiger partial charge in [-0.2, -0.15) is 4.31 Å². The Balaban J connectivity index is 1.52. The fourth-order valence-corrected chi connectivity index (χ4v) is 5.82. The predicted octanol–water partition coefficient (Wildman–Crippen LogP) is 3.46. The number of nitrogens with zero attached hydrogens (tertiary/aromatic N) is 2. The number of thioether (sulfide) groups is 1. The molecule has 1 amide bonds. The van der Waals surface area contributed by atoms with Crippen molar-refractivity contribution in [1.82, 2.24) is 9.21 Å². The van der Waals surface area contributed by atoms with Gasteiger partial charge in [-0.05, 0) is 55.3 Å². The summed E-state index contributed by atoms with van der Waals surface area (Å²) >= 11 is 1.51. The van der Waals surface area contributed by atoms with Crippen molar-refractivity contribution in [1.29, 1.82) is 0 Å². The van der Waals surface area contributed by atoms with Crippen LogP contribution in [0.3, 0.4) is 0 Å². The van der Waals surface area contributed by atoms with E-state index in [0.29, 0.717) is 43.2 Å². The van der Waals surface area contributed by atoms with Crippen LogP contribution in [0.15, 0.2) is 52.3 Å². The zero-order valence-electron chi connectivity index (χ0n) is 16.6. The maximum Gasteiger partial charge on any atom is 0.243 e. The summed E-state index contributed by atoms with van der Waals surface area (Å²) in [6.07, 6.45) is 0.367. The lowest BCUT2D eigenvalue weighted by Crippen LogP contribution is -2.50. The van der Waals surface area contributed by atoms with E-state index in [9.17, 15) is 17.6 Å². The molecule has 2 aromatic carbocycles. The number of hydrogen-bond acceptors (Lipinski definition) is 4. The fraction of sp³-hybridized carbons (Fsp3) is 0.381. The summed E-state index contributed by atoms with van der Waals surface area (Å²) in [5.41, 5.74) is 1.63. The van der Waals surface area contributed by atoms with E-state index in [-0.39, 0.29) is 11.7 Å². The number of hydrogen-bond donors (Lipinski definition) is 0. The van der Waals surface area contributed by atoms with Gasteiger partial charge < -0.3 is 4.90 Å². The molecule has 0 aliphatic carbocycles. The molecule has 156 valence electrons. The Bertz CT molecular complexity index is 970. The Morgan fingerprint density at radius 3 is 2.34 bits per heavy atom. The Kier molecular flexibility index (Phi) is 6.97. The third kappa shape index (κ3) is 5.38. The molecule has 0 bridgehead atoms. The molecule has 0 spiro atoms. The van der Waals surface area contributed by atoms with Gasteiger partial charge in [0.25, 0.3) is 0 Å². The Morgan fingerprint density at radius 2 is 1.69 bits per heavy atom. The van der Waals surface area contributed by atoms with E-state index >= 15 is 0 Å². The van der Waals surface area contributed by atoms with Gasteiger partial charge in [0.15, 0.2) is 0 Å². The Labute approximate surface area is 175 Å². The van der Waals surface area contributed by atoms with E-state index in [2.05, 4.69) is 0 Å². The number of carbonyl (C=O) groups excluding carboxylic acids is 1. The molecule has 1 saturated heterocycles. The topological polar surface area (TPSA) is 57.7 Å². The maximum absolute atomic E-state index is 13.0. The monoisotopic (exact) mass is 436 g/mol. The first kappa shape index (κ1) is 21.8. The molecule has 8 heteroatoms. The molecule has 0 N–H and O–H groups in total. The second-order valence-electron chi connectivity index (χ2n) is 7.11. The van der Waals surface area contributed by atoms with E-state index in [1.54, 1.807) is 30.0 Å². The largest absolute Gasteiger partial charge is 0.340 e. The van der Waals surface area contributed by atoms with E-state index in [1.165, 1.54) is 28.2 Å². The minimum atomic E-state index is -3.56. The van der Waals surface area contributed by atoms with E-state index in [0.717, 1.165) is 16.0 Å². The first-order valence-electron chi connectivity index (χ1n) is 9.51. The van der Waals surface area contributed by atoms with E-state index in [1.807, 2.05) is 19.1 Å². The molecule has 5 nitrogen and oxygen atoms in total. The minimum Gasteiger partial charge on any atom is -0.340 e. The highest BCUT2D eigenvalue weighted by Gasteiger charge is 2.30. The van der Waals surface area contributed by atoms with Crippen LogP contribution in [0.1, 0.15) is 17.5 Å². The van der Waals surface area contributed by atoms with Crippen molar-refractivity contribution >= 4 is 27.7 Å². The maximum atomic E-state index is 13.0. The first-order chi connectivity index (χ1) is 13.8. The van der Waals surface area contributed by atoms with E-state index in [4.69, 9.17) is 0 Å². The second kappa shape index (κ2) is 9.28. The summed E-state index contributed by atoms with van der Waals surface area (Å²) in [5, 5.41) is 0. The number of carbonyl (C=O) groups is 1. The number of rotatable bonds is 6. The predicted molar refractivity (Wildman–Crippen MR) is 113 cm³/mol. The summed E-state index contributed by atoms with van der Waals surface area (Å²) in [6.45, 7) is 5.05. The standard InChI is InChI=1S/C21H25FN2O3S2/c1-16-3-4-17(2)20(15-16)29(26,27)24-12-10-23(11-13-24)21(25)9-14-28-19-7-5-18(22)6-8-19/h3-8,15H,9-14H2,1-2H3. The summed E-state index contributed by atoms with van der Waals surface area (Å²) in [5.74, 6) is 0.341.